The van der Waals surface area contributed by atoms with Crippen LogP contribution in [0, 0.1) is 0 Å². The fraction of sp³-hybridized carbons (Fsp3) is 0. The summed E-state index contributed by atoms with van der Waals surface area (Å²) < 4.78 is 0. The van der Waals surface area contributed by atoms with Gasteiger partial charge in [0, 0.05) is 21.9 Å². The zero-order valence-electron chi connectivity index (χ0n) is 8.61. The first-order chi connectivity index (χ1) is 8.13. The number of hydrogen-bond acceptors (Lipinski definition) is 2. The Bertz CT molecular complexity index is 740. The zero-order chi connectivity index (χ0) is 12.0. The first-order valence-corrected chi connectivity index (χ1v) is 5.77. The largest absolute Gasteiger partial charge is 0.508 e. The highest BCUT2D eigenvalue weighted by atomic mass is 35.5. The molecule has 17 heavy (non-hydrogen) atoms. The molecule has 84 valence electrons. The highest BCUT2D eigenvalue weighted by Gasteiger charge is 2.06. The van der Waals surface area contributed by atoms with Crippen molar-refractivity contribution >= 4 is 45.0 Å². The summed E-state index contributed by atoms with van der Waals surface area (Å²) in [5.74, 6) is 0.137. The molecule has 4 heteroatoms. The highest BCUT2D eigenvalue weighted by molar-refractivity contribution is 6.35. The Labute approximate surface area is 107 Å². The number of aromatic hydroxyl groups is 1. The van der Waals surface area contributed by atoms with E-state index in [1.807, 2.05) is 18.2 Å². The van der Waals surface area contributed by atoms with E-state index in [1.54, 1.807) is 12.1 Å². The van der Waals surface area contributed by atoms with E-state index >= 15 is 0 Å². The number of phenolic OH excluding ortho intramolecular Hbond substituents is 1. The van der Waals surface area contributed by atoms with Crippen LogP contribution in [0.3, 0.4) is 0 Å². The molecule has 0 spiro atoms. The number of hydrogen-bond donors (Lipinski definition) is 1. The maximum absolute atomic E-state index is 9.49. The van der Waals surface area contributed by atoms with Gasteiger partial charge >= 0.3 is 0 Å². The van der Waals surface area contributed by atoms with Crippen molar-refractivity contribution in [2.24, 2.45) is 0 Å². The van der Waals surface area contributed by atoms with E-state index in [0.29, 0.717) is 15.6 Å². The molecule has 0 aliphatic heterocycles. The zero-order valence-corrected chi connectivity index (χ0v) is 10.1. The molecule has 0 aliphatic rings. The van der Waals surface area contributed by atoms with Crippen molar-refractivity contribution in [2.45, 2.75) is 0 Å². The molecule has 0 amide bonds. The van der Waals surface area contributed by atoms with Crippen molar-refractivity contribution < 1.29 is 5.11 Å². The molecule has 2 aromatic carbocycles. The third-order valence-corrected chi connectivity index (χ3v) is 3.14. The molecule has 0 bridgehead atoms. The minimum atomic E-state index is 0.137. The Morgan fingerprint density at radius 1 is 0.941 bits per heavy atom. The number of rotatable bonds is 0. The molecular weight excluding hydrogens is 257 g/mol. The predicted molar refractivity (Wildman–Crippen MR) is 70.9 cm³/mol. The molecular formula is C13H7Cl2NO. The lowest BCUT2D eigenvalue weighted by Crippen LogP contribution is -1.84. The monoisotopic (exact) mass is 263 g/mol. The van der Waals surface area contributed by atoms with Crippen LogP contribution in [0.5, 0.6) is 5.75 Å². The van der Waals surface area contributed by atoms with E-state index in [4.69, 9.17) is 23.2 Å². The molecule has 0 fully saturated rings. The minimum Gasteiger partial charge on any atom is -0.508 e. The van der Waals surface area contributed by atoms with Crippen LogP contribution < -0.4 is 0 Å². The van der Waals surface area contributed by atoms with E-state index in [0.717, 1.165) is 16.3 Å². The van der Waals surface area contributed by atoms with Crippen LogP contribution in [0.15, 0.2) is 36.4 Å². The third-order valence-electron chi connectivity index (χ3n) is 2.61. The van der Waals surface area contributed by atoms with Gasteiger partial charge in [0.15, 0.2) is 0 Å². The summed E-state index contributed by atoms with van der Waals surface area (Å²) in [5.41, 5.74) is 1.46. The normalized spacial score (nSPS) is 11.2. The molecule has 1 N–H and O–H groups in total. The van der Waals surface area contributed by atoms with Gasteiger partial charge in [0.1, 0.15) is 5.75 Å². The average Bonchev–Trinajstić information content (AvgIpc) is 2.27. The highest BCUT2D eigenvalue weighted by Crippen LogP contribution is 2.30. The second-order valence-corrected chi connectivity index (χ2v) is 4.67. The molecule has 1 heterocycles. The molecule has 0 unspecified atom stereocenters. The third kappa shape index (κ3) is 1.79. The first kappa shape index (κ1) is 10.6. The van der Waals surface area contributed by atoms with Crippen LogP contribution >= 0.6 is 23.2 Å². The standard InChI is InChI=1S/C13H7Cl2NO/c14-9-2-1-7-3-8-4-10(17)6-11(15)13(8)16-12(7)5-9/h1-6,17H. The topological polar surface area (TPSA) is 33.1 Å². The molecule has 0 radical (unpaired) electrons. The Balaban J connectivity index is 2.48. The molecule has 3 aromatic rings. The maximum atomic E-state index is 9.49. The Morgan fingerprint density at radius 3 is 2.59 bits per heavy atom. The summed E-state index contributed by atoms with van der Waals surface area (Å²) >= 11 is 12.0. The summed E-state index contributed by atoms with van der Waals surface area (Å²) in [6.45, 7) is 0. The maximum Gasteiger partial charge on any atom is 0.117 e. The van der Waals surface area contributed by atoms with Crippen LogP contribution in [0.4, 0.5) is 0 Å². The summed E-state index contributed by atoms with van der Waals surface area (Å²) in [4.78, 5) is 4.45. The molecule has 1 aromatic heterocycles. The van der Waals surface area contributed by atoms with E-state index in [9.17, 15) is 5.11 Å². The van der Waals surface area contributed by atoms with Gasteiger partial charge in [0.2, 0.25) is 0 Å². The van der Waals surface area contributed by atoms with Gasteiger partial charge in [0.25, 0.3) is 0 Å². The van der Waals surface area contributed by atoms with Crippen molar-refractivity contribution in [2.75, 3.05) is 0 Å². The molecule has 0 atom stereocenters. The van der Waals surface area contributed by atoms with Gasteiger partial charge in [0.05, 0.1) is 16.1 Å². The second kappa shape index (κ2) is 3.76. The molecule has 0 saturated carbocycles. The summed E-state index contributed by atoms with van der Waals surface area (Å²) in [6, 6.07) is 10.5. The molecule has 3 rings (SSSR count). The Kier molecular flexibility index (Phi) is 2.35. The lowest BCUT2D eigenvalue weighted by atomic mass is 10.1. The number of phenols is 1. The van der Waals surface area contributed by atoms with Crippen molar-refractivity contribution in [3.8, 4) is 5.75 Å². The number of halogens is 2. The van der Waals surface area contributed by atoms with Gasteiger partial charge in [-0.1, -0.05) is 29.3 Å². The van der Waals surface area contributed by atoms with Gasteiger partial charge in [-0.2, -0.15) is 0 Å². The number of aromatic nitrogens is 1. The predicted octanol–water partition coefficient (Wildman–Crippen LogP) is 4.40. The number of fused-ring (bicyclic) bond motifs is 2. The van der Waals surface area contributed by atoms with Crippen molar-refractivity contribution in [3.05, 3.63) is 46.4 Å². The SMILES string of the molecule is Oc1cc(Cl)c2nc3cc(Cl)ccc3cc2c1. The van der Waals surface area contributed by atoms with Crippen LogP contribution in [0.1, 0.15) is 0 Å². The fourth-order valence-electron chi connectivity index (χ4n) is 1.86. The van der Waals surface area contributed by atoms with Crippen molar-refractivity contribution in [1.82, 2.24) is 4.98 Å². The summed E-state index contributed by atoms with van der Waals surface area (Å²) in [5, 5.41) is 12.3. The Morgan fingerprint density at radius 2 is 1.76 bits per heavy atom. The Hall–Kier alpha value is -1.51. The fourth-order valence-corrected chi connectivity index (χ4v) is 2.29. The smallest absolute Gasteiger partial charge is 0.117 e. The average molecular weight is 264 g/mol. The summed E-state index contributed by atoms with van der Waals surface area (Å²) in [6.07, 6.45) is 0. The van der Waals surface area contributed by atoms with Crippen LogP contribution in [-0.4, -0.2) is 10.1 Å². The summed E-state index contributed by atoms with van der Waals surface area (Å²) in [7, 11) is 0. The number of benzene rings is 2. The minimum absolute atomic E-state index is 0.137. The number of nitrogens with zero attached hydrogens (tertiary/aromatic N) is 1. The second-order valence-electron chi connectivity index (χ2n) is 3.82. The molecule has 0 saturated heterocycles. The lowest BCUT2D eigenvalue weighted by molar-refractivity contribution is 0.476. The van der Waals surface area contributed by atoms with E-state index in [2.05, 4.69) is 4.98 Å². The van der Waals surface area contributed by atoms with Gasteiger partial charge < -0.3 is 5.11 Å². The van der Waals surface area contributed by atoms with Crippen LogP contribution in [0.25, 0.3) is 21.8 Å². The van der Waals surface area contributed by atoms with Crippen molar-refractivity contribution in [1.29, 1.82) is 0 Å². The lowest BCUT2D eigenvalue weighted by Gasteiger charge is -2.04. The molecule has 2 nitrogen and oxygen atoms in total. The number of pyridine rings is 1. The van der Waals surface area contributed by atoms with Gasteiger partial charge in [-0.05, 0) is 24.3 Å². The van der Waals surface area contributed by atoms with Gasteiger partial charge in [-0.15, -0.1) is 0 Å². The van der Waals surface area contributed by atoms with E-state index < -0.39 is 0 Å². The van der Waals surface area contributed by atoms with Crippen LogP contribution in [0.2, 0.25) is 10.0 Å². The molecule has 0 aliphatic carbocycles. The van der Waals surface area contributed by atoms with E-state index in [1.165, 1.54) is 6.07 Å². The van der Waals surface area contributed by atoms with Gasteiger partial charge in [-0.25, -0.2) is 4.98 Å². The van der Waals surface area contributed by atoms with Crippen molar-refractivity contribution in [3.63, 3.8) is 0 Å². The first-order valence-electron chi connectivity index (χ1n) is 5.02. The quantitative estimate of drug-likeness (QED) is 0.610. The van der Waals surface area contributed by atoms with E-state index in [-0.39, 0.29) is 5.75 Å². The van der Waals surface area contributed by atoms with Gasteiger partial charge in [-0.3, -0.25) is 0 Å². The van der Waals surface area contributed by atoms with Crippen LogP contribution in [-0.2, 0) is 0 Å².